The Morgan fingerprint density at radius 2 is 0.456 bits per heavy atom. The van der Waals surface area contributed by atoms with Crippen molar-refractivity contribution in [2.45, 2.75) is 386 Å². The van der Waals surface area contributed by atoms with Crippen molar-refractivity contribution in [2.24, 2.45) is 0 Å². The Morgan fingerprint density at radius 3 is 0.722 bits per heavy atom. The number of esters is 3. The average Bonchev–Trinajstić information content (AvgIpc) is 3.45. The second-order valence-corrected chi connectivity index (χ2v) is 23.8. The topological polar surface area (TPSA) is 78.9 Å². The fourth-order valence-electron chi connectivity index (χ4n) is 10.5. The minimum absolute atomic E-state index is 0.0740. The number of hydrogen-bond donors (Lipinski definition) is 0. The van der Waals surface area contributed by atoms with E-state index in [-0.39, 0.29) is 31.1 Å². The molecule has 0 N–H and O–H groups in total. The molecule has 0 saturated carbocycles. The van der Waals surface area contributed by atoms with Crippen LogP contribution in [0.1, 0.15) is 380 Å². The van der Waals surface area contributed by atoms with Gasteiger partial charge in [0, 0.05) is 19.3 Å². The summed E-state index contributed by atoms with van der Waals surface area (Å²) in [5.41, 5.74) is 0. The zero-order valence-electron chi connectivity index (χ0n) is 53.2. The molecule has 0 saturated heterocycles. The minimum atomic E-state index is -0.779. The van der Waals surface area contributed by atoms with Gasteiger partial charge in [0.2, 0.25) is 0 Å². The molecule has 0 spiro atoms. The Morgan fingerprint density at radius 1 is 0.253 bits per heavy atom. The zero-order chi connectivity index (χ0) is 57.1. The van der Waals surface area contributed by atoms with Gasteiger partial charge in [-0.05, 0) is 83.5 Å². The number of hydrogen-bond acceptors (Lipinski definition) is 6. The molecule has 0 fully saturated rings. The number of rotatable bonds is 65. The van der Waals surface area contributed by atoms with Crippen LogP contribution in [-0.4, -0.2) is 37.2 Å². The third-order valence-electron chi connectivity index (χ3n) is 15.8. The molecule has 6 heteroatoms. The third kappa shape index (κ3) is 66.1. The van der Waals surface area contributed by atoms with Gasteiger partial charge in [-0.25, -0.2) is 0 Å². The summed E-state index contributed by atoms with van der Waals surface area (Å²) in [5.74, 6) is -0.861. The van der Waals surface area contributed by atoms with Crippen LogP contribution < -0.4 is 0 Å². The Kier molecular flexibility index (Phi) is 65.6. The summed E-state index contributed by atoms with van der Waals surface area (Å²) in [6.45, 7) is 6.68. The Hall–Kier alpha value is -2.63. The molecule has 0 aromatic heterocycles. The highest BCUT2D eigenvalue weighted by atomic mass is 16.6. The van der Waals surface area contributed by atoms with Crippen LogP contribution >= 0.6 is 0 Å². The molecule has 0 radical (unpaired) electrons. The normalized spacial score (nSPS) is 12.3. The summed E-state index contributed by atoms with van der Waals surface area (Å²) in [5, 5.41) is 0. The van der Waals surface area contributed by atoms with Crippen LogP contribution in [0.4, 0.5) is 0 Å². The van der Waals surface area contributed by atoms with Gasteiger partial charge < -0.3 is 14.2 Å². The zero-order valence-corrected chi connectivity index (χ0v) is 53.2. The van der Waals surface area contributed by atoms with E-state index in [9.17, 15) is 14.4 Å². The molecule has 0 rings (SSSR count). The van der Waals surface area contributed by atoms with Crippen molar-refractivity contribution >= 4 is 17.9 Å². The first kappa shape index (κ1) is 76.4. The predicted octanol–water partition coefficient (Wildman–Crippen LogP) is 24.1. The van der Waals surface area contributed by atoms with Crippen LogP contribution in [0.2, 0.25) is 0 Å². The summed E-state index contributed by atoms with van der Waals surface area (Å²) in [6, 6.07) is 0. The van der Waals surface area contributed by atoms with Gasteiger partial charge in [-0.15, -0.1) is 0 Å². The molecular weight excluding hydrogens is 973 g/mol. The molecule has 0 bridgehead atoms. The van der Waals surface area contributed by atoms with E-state index in [2.05, 4.69) is 69.4 Å². The van der Waals surface area contributed by atoms with Gasteiger partial charge in [-0.2, -0.15) is 0 Å². The lowest BCUT2D eigenvalue weighted by atomic mass is 10.0. The van der Waals surface area contributed by atoms with E-state index >= 15 is 0 Å². The maximum atomic E-state index is 12.9. The molecule has 0 aromatic carbocycles. The van der Waals surface area contributed by atoms with Crippen LogP contribution in [-0.2, 0) is 28.6 Å². The van der Waals surface area contributed by atoms with Crippen molar-refractivity contribution in [1.82, 2.24) is 0 Å². The minimum Gasteiger partial charge on any atom is -0.462 e. The van der Waals surface area contributed by atoms with Crippen LogP contribution in [0.3, 0.4) is 0 Å². The molecule has 462 valence electrons. The van der Waals surface area contributed by atoms with Crippen molar-refractivity contribution in [3.05, 3.63) is 48.6 Å². The molecule has 0 aliphatic rings. The summed E-state index contributed by atoms with van der Waals surface area (Å²) >= 11 is 0. The molecule has 1 unspecified atom stereocenters. The SMILES string of the molecule is CCCCCCC/C=C\C/C=C\C/C=C\CCCCCCCCC(=O)OC(COC(=O)CCCCCCCCCCCCCCC)COC(=O)CCCCCCCCCCCCCCCCC/C=C\CCCCCCCCCC. The molecule has 1 atom stereocenters. The van der Waals surface area contributed by atoms with Gasteiger partial charge in [0.05, 0.1) is 0 Å². The van der Waals surface area contributed by atoms with Gasteiger partial charge in [-0.3, -0.25) is 14.4 Å². The highest BCUT2D eigenvalue weighted by Gasteiger charge is 2.19. The van der Waals surface area contributed by atoms with Gasteiger partial charge >= 0.3 is 17.9 Å². The first-order valence-electron chi connectivity index (χ1n) is 35.1. The predicted molar refractivity (Wildman–Crippen MR) is 344 cm³/mol. The van der Waals surface area contributed by atoms with E-state index in [4.69, 9.17) is 14.2 Å². The van der Waals surface area contributed by atoms with Crippen LogP contribution in [0.25, 0.3) is 0 Å². The van der Waals surface area contributed by atoms with Gasteiger partial charge in [0.25, 0.3) is 0 Å². The number of carbonyl (C=O) groups excluding carboxylic acids is 3. The van der Waals surface area contributed by atoms with Crippen LogP contribution in [0.15, 0.2) is 48.6 Å². The van der Waals surface area contributed by atoms with Gasteiger partial charge in [0.1, 0.15) is 13.2 Å². The van der Waals surface area contributed by atoms with Crippen molar-refractivity contribution < 1.29 is 28.6 Å². The van der Waals surface area contributed by atoms with Crippen molar-refractivity contribution in [1.29, 1.82) is 0 Å². The molecule has 0 amide bonds. The maximum absolute atomic E-state index is 12.9. The lowest BCUT2D eigenvalue weighted by molar-refractivity contribution is -0.167. The molecule has 0 aliphatic heterocycles. The van der Waals surface area contributed by atoms with Crippen LogP contribution in [0.5, 0.6) is 0 Å². The number of allylic oxidation sites excluding steroid dienone is 8. The average molecular weight is 1110 g/mol. The Bertz CT molecular complexity index is 1360. The Balaban J connectivity index is 4.25. The quantitative estimate of drug-likeness (QED) is 0.0261. The summed E-state index contributed by atoms with van der Waals surface area (Å²) in [7, 11) is 0. The number of unbranched alkanes of at least 4 members (excludes halogenated alkanes) is 46. The lowest BCUT2D eigenvalue weighted by Gasteiger charge is -2.18. The largest absolute Gasteiger partial charge is 0.462 e. The van der Waals surface area contributed by atoms with E-state index in [0.29, 0.717) is 19.3 Å². The number of ether oxygens (including phenoxy) is 3. The number of carbonyl (C=O) groups is 3. The fraction of sp³-hybridized carbons (Fsp3) is 0.849. The van der Waals surface area contributed by atoms with Gasteiger partial charge in [0.15, 0.2) is 6.10 Å². The molecule has 0 heterocycles. The second kappa shape index (κ2) is 67.9. The molecule has 6 nitrogen and oxygen atoms in total. The third-order valence-corrected chi connectivity index (χ3v) is 15.8. The molecular formula is C73H134O6. The monoisotopic (exact) mass is 1110 g/mol. The second-order valence-electron chi connectivity index (χ2n) is 23.8. The summed E-state index contributed by atoms with van der Waals surface area (Å²) in [4.78, 5) is 38.4. The van der Waals surface area contributed by atoms with Crippen molar-refractivity contribution in [3.8, 4) is 0 Å². The molecule has 79 heavy (non-hydrogen) atoms. The van der Waals surface area contributed by atoms with E-state index in [1.807, 2.05) is 0 Å². The lowest BCUT2D eigenvalue weighted by Crippen LogP contribution is -2.30. The standard InChI is InChI=1S/C73H134O6/c1-4-7-10-13-16-19-22-25-27-29-31-33-34-35-36-37-38-40-41-43-45-48-51-54-57-60-63-66-72(75)78-69-70(68-77-71(74)65-62-59-56-53-50-47-24-21-18-15-12-9-6-3)79-73(76)67-64-61-58-55-52-49-46-44-42-39-32-30-28-26-23-20-17-14-11-8-5-2/h23,26,29-32,42,44,70H,4-22,24-25,27-28,33-41,43,45-69H2,1-3H3/b26-23-,31-29-,32-30-,44-42-. The van der Waals surface area contributed by atoms with Gasteiger partial charge in [-0.1, -0.05) is 326 Å². The molecule has 0 aliphatic carbocycles. The first-order valence-corrected chi connectivity index (χ1v) is 35.1. The van der Waals surface area contributed by atoms with Crippen molar-refractivity contribution in [3.63, 3.8) is 0 Å². The first-order chi connectivity index (χ1) is 39.0. The summed E-state index contributed by atoms with van der Waals surface area (Å²) < 4.78 is 17.0. The van der Waals surface area contributed by atoms with E-state index in [0.717, 1.165) is 77.0 Å². The van der Waals surface area contributed by atoms with E-state index in [1.165, 1.54) is 263 Å². The maximum Gasteiger partial charge on any atom is 0.306 e. The smallest absolute Gasteiger partial charge is 0.306 e. The van der Waals surface area contributed by atoms with Crippen LogP contribution in [0, 0.1) is 0 Å². The molecule has 0 aromatic rings. The fourth-order valence-corrected chi connectivity index (χ4v) is 10.5. The highest BCUT2D eigenvalue weighted by Crippen LogP contribution is 2.18. The summed E-state index contributed by atoms with van der Waals surface area (Å²) in [6.07, 6.45) is 85.6. The highest BCUT2D eigenvalue weighted by molar-refractivity contribution is 5.71. The van der Waals surface area contributed by atoms with Crippen molar-refractivity contribution in [2.75, 3.05) is 13.2 Å². The van der Waals surface area contributed by atoms with E-state index in [1.54, 1.807) is 0 Å². The van der Waals surface area contributed by atoms with E-state index < -0.39 is 6.10 Å². The Labute approximate surface area is 492 Å².